The Bertz CT molecular complexity index is 204. The van der Waals surface area contributed by atoms with E-state index in [1.807, 2.05) is 13.8 Å². The second-order valence-electron chi connectivity index (χ2n) is 4.55. The van der Waals surface area contributed by atoms with Crippen LogP contribution in [0.5, 0.6) is 0 Å². The molecular weight excluding hydrogens is 192 g/mol. The maximum Gasteiger partial charge on any atom is -0.0165 e. The van der Waals surface area contributed by atoms with Gasteiger partial charge in [-0.2, -0.15) is 0 Å². The van der Waals surface area contributed by atoms with E-state index in [9.17, 15) is 0 Å². The SMILES string of the molecule is CC.CCCC(CCC)C1=CCC(C)C=C1. The van der Waals surface area contributed by atoms with Crippen LogP contribution in [0.4, 0.5) is 0 Å². The summed E-state index contributed by atoms with van der Waals surface area (Å²) in [6, 6.07) is 0. The van der Waals surface area contributed by atoms with Crippen LogP contribution in [-0.2, 0) is 0 Å². The highest BCUT2D eigenvalue weighted by atomic mass is 14.2. The van der Waals surface area contributed by atoms with Gasteiger partial charge in [-0.1, -0.05) is 65.7 Å². The van der Waals surface area contributed by atoms with E-state index in [-0.39, 0.29) is 0 Å². The molecule has 1 rings (SSSR count). The van der Waals surface area contributed by atoms with Crippen molar-refractivity contribution < 1.29 is 0 Å². The summed E-state index contributed by atoms with van der Waals surface area (Å²) < 4.78 is 0. The van der Waals surface area contributed by atoms with Gasteiger partial charge < -0.3 is 0 Å². The lowest BCUT2D eigenvalue weighted by Crippen LogP contribution is -2.06. The minimum absolute atomic E-state index is 0.752. The van der Waals surface area contributed by atoms with Crippen molar-refractivity contribution in [3.05, 3.63) is 23.8 Å². The highest BCUT2D eigenvalue weighted by Gasteiger charge is 2.13. The molecule has 0 heterocycles. The standard InChI is InChI=1S/C14H24.C2H6/c1-4-6-13(7-5-2)14-10-8-12(3)9-11-14;1-2/h8,10-13H,4-7,9H2,1-3H3;1-2H3. The second kappa shape index (κ2) is 9.69. The molecule has 1 atom stereocenters. The van der Waals surface area contributed by atoms with Gasteiger partial charge in [0.05, 0.1) is 0 Å². The number of rotatable bonds is 5. The Labute approximate surface area is 103 Å². The van der Waals surface area contributed by atoms with Crippen molar-refractivity contribution in [2.45, 2.75) is 66.7 Å². The maximum atomic E-state index is 2.46. The van der Waals surface area contributed by atoms with E-state index >= 15 is 0 Å². The van der Waals surface area contributed by atoms with Gasteiger partial charge in [-0.3, -0.25) is 0 Å². The van der Waals surface area contributed by atoms with Gasteiger partial charge in [0.15, 0.2) is 0 Å². The Morgan fingerprint density at radius 1 is 1.19 bits per heavy atom. The lowest BCUT2D eigenvalue weighted by Gasteiger charge is -2.20. The fourth-order valence-corrected chi connectivity index (χ4v) is 2.22. The van der Waals surface area contributed by atoms with E-state index in [4.69, 9.17) is 0 Å². The molecule has 0 nitrogen and oxygen atoms in total. The molecular formula is C16H30. The maximum absolute atomic E-state index is 2.46. The highest BCUT2D eigenvalue weighted by Crippen LogP contribution is 2.28. The molecule has 0 N–H and O–H groups in total. The second-order valence-corrected chi connectivity index (χ2v) is 4.55. The zero-order valence-corrected chi connectivity index (χ0v) is 11.9. The van der Waals surface area contributed by atoms with Crippen molar-refractivity contribution >= 4 is 0 Å². The molecule has 0 bridgehead atoms. The first kappa shape index (κ1) is 15.5. The van der Waals surface area contributed by atoms with E-state index in [1.165, 1.54) is 32.1 Å². The Morgan fingerprint density at radius 3 is 2.12 bits per heavy atom. The molecule has 1 aliphatic carbocycles. The van der Waals surface area contributed by atoms with Gasteiger partial charge in [-0.05, 0) is 36.7 Å². The minimum atomic E-state index is 0.752. The van der Waals surface area contributed by atoms with Gasteiger partial charge >= 0.3 is 0 Å². The Balaban J connectivity index is 0.00000106. The van der Waals surface area contributed by atoms with Crippen molar-refractivity contribution in [3.8, 4) is 0 Å². The first-order valence-electron chi connectivity index (χ1n) is 7.16. The lowest BCUT2D eigenvalue weighted by atomic mass is 9.85. The fraction of sp³-hybridized carbons (Fsp3) is 0.750. The molecule has 0 aromatic carbocycles. The van der Waals surface area contributed by atoms with E-state index in [0.717, 1.165) is 11.8 Å². The van der Waals surface area contributed by atoms with Crippen LogP contribution in [0.2, 0.25) is 0 Å². The van der Waals surface area contributed by atoms with E-state index in [1.54, 1.807) is 5.57 Å². The summed E-state index contributed by atoms with van der Waals surface area (Å²) in [5, 5.41) is 0. The van der Waals surface area contributed by atoms with Crippen LogP contribution in [-0.4, -0.2) is 0 Å². The predicted molar refractivity (Wildman–Crippen MR) is 75.7 cm³/mol. The summed E-state index contributed by atoms with van der Waals surface area (Å²) in [6.45, 7) is 10.9. The molecule has 0 spiro atoms. The number of hydrogen-bond acceptors (Lipinski definition) is 0. The van der Waals surface area contributed by atoms with Crippen molar-refractivity contribution in [3.63, 3.8) is 0 Å². The monoisotopic (exact) mass is 222 g/mol. The van der Waals surface area contributed by atoms with Gasteiger partial charge in [-0.25, -0.2) is 0 Å². The summed E-state index contributed by atoms with van der Waals surface area (Å²) in [6.07, 6.45) is 13.8. The van der Waals surface area contributed by atoms with Gasteiger partial charge in [0.25, 0.3) is 0 Å². The number of hydrogen-bond donors (Lipinski definition) is 0. The molecule has 0 fully saturated rings. The molecule has 0 aromatic heterocycles. The van der Waals surface area contributed by atoms with Crippen LogP contribution in [0, 0.1) is 11.8 Å². The van der Waals surface area contributed by atoms with Crippen LogP contribution in [0.1, 0.15) is 66.7 Å². The Kier molecular flexibility index (Phi) is 9.37. The van der Waals surface area contributed by atoms with Crippen molar-refractivity contribution in [2.75, 3.05) is 0 Å². The summed E-state index contributed by atoms with van der Waals surface area (Å²) in [5.41, 5.74) is 1.60. The van der Waals surface area contributed by atoms with E-state index in [2.05, 4.69) is 39.0 Å². The quantitative estimate of drug-likeness (QED) is 0.555. The fourth-order valence-electron chi connectivity index (χ4n) is 2.22. The molecule has 0 saturated carbocycles. The number of allylic oxidation sites excluding steroid dienone is 4. The van der Waals surface area contributed by atoms with Crippen LogP contribution < -0.4 is 0 Å². The first-order valence-corrected chi connectivity index (χ1v) is 7.16. The Hall–Kier alpha value is -0.520. The summed E-state index contributed by atoms with van der Waals surface area (Å²) in [4.78, 5) is 0. The van der Waals surface area contributed by atoms with E-state index < -0.39 is 0 Å². The predicted octanol–water partition coefficient (Wildman–Crippen LogP) is 5.75. The third-order valence-electron chi connectivity index (χ3n) is 3.09. The summed E-state index contributed by atoms with van der Waals surface area (Å²) in [5.74, 6) is 1.58. The van der Waals surface area contributed by atoms with Gasteiger partial charge in [0, 0.05) is 0 Å². The lowest BCUT2D eigenvalue weighted by molar-refractivity contribution is 0.506. The van der Waals surface area contributed by atoms with Crippen LogP contribution in [0.25, 0.3) is 0 Å². The van der Waals surface area contributed by atoms with Crippen molar-refractivity contribution in [1.29, 1.82) is 0 Å². The first-order chi connectivity index (χ1) is 7.77. The van der Waals surface area contributed by atoms with Crippen molar-refractivity contribution in [2.24, 2.45) is 11.8 Å². The van der Waals surface area contributed by atoms with Crippen LogP contribution in [0.3, 0.4) is 0 Å². The van der Waals surface area contributed by atoms with Gasteiger partial charge in [0.2, 0.25) is 0 Å². The summed E-state index contributed by atoms with van der Waals surface area (Å²) >= 11 is 0. The highest BCUT2D eigenvalue weighted by molar-refractivity contribution is 5.25. The molecule has 0 aromatic rings. The normalized spacial score (nSPS) is 19.1. The van der Waals surface area contributed by atoms with Gasteiger partial charge in [-0.15, -0.1) is 0 Å². The van der Waals surface area contributed by atoms with E-state index in [0.29, 0.717) is 0 Å². The molecule has 0 saturated heterocycles. The topological polar surface area (TPSA) is 0 Å². The molecule has 0 aliphatic heterocycles. The molecule has 0 heteroatoms. The zero-order chi connectivity index (χ0) is 12.4. The molecule has 16 heavy (non-hydrogen) atoms. The smallest absolute Gasteiger partial charge is 0.0165 e. The molecule has 0 radical (unpaired) electrons. The van der Waals surface area contributed by atoms with Gasteiger partial charge in [0.1, 0.15) is 0 Å². The Morgan fingerprint density at radius 2 is 1.75 bits per heavy atom. The van der Waals surface area contributed by atoms with Crippen molar-refractivity contribution in [1.82, 2.24) is 0 Å². The minimum Gasteiger partial charge on any atom is -0.0811 e. The third-order valence-corrected chi connectivity index (χ3v) is 3.09. The van der Waals surface area contributed by atoms with Crippen LogP contribution >= 0.6 is 0 Å². The molecule has 1 aliphatic rings. The zero-order valence-electron chi connectivity index (χ0n) is 11.9. The molecule has 94 valence electrons. The third kappa shape index (κ3) is 5.53. The molecule has 0 amide bonds. The average molecular weight is 222 g/mol. The van der Waals surface area contributed by atoms with Crippen LogP contribution in [0.15, 0.2) is 23.8 Å². The average Bonchev–Trinajstić information content (AvgIpc) is 2.32. The largest absolute Gasteiger partial charge is 0.0811 e. The summed E-state index contributed by atoms with van der Waals surface area (Å²) in [7, 11) is 0. The molecule has 1 unspecified atom stereocenters.